The summed E-state index contributed by atoms with van der Waals surface area (Å²) in [6.45, 7) is 0. The highest BCUT2D eigenvalue weighted by molar-refractivity contribution is 7.82. The van der Waals surface area contributed by atoms with Gasteiger partial charge in [0.2, 0.25) is 5.91 Å². The van der Waals surface area contributed by atoms with Gasteiger partial charge in [-0.05, 0) is 12.5 Å². The summed E-state index contributed by atoms with van der Waals surface area (Å²) < 4.78 is 11.6. The fraction of sp³-hybridized carbons (Fsp3) is 0.333. The maximum Gasteiger partial charge on any atom is 0.256 e. The lowest BCUT2D eigenvalue weighted by Crippen LogP contribution is -2.40. The molecule has 0 aliphatic heterocycles. The summed E-state index contributed by atoms with van der Waals surface area (Å²) in [6.07, 6.45) is 1.18. The molecule has 0 saturated carbocycles. The SMILES string of the molecule is CNC(=O)CCC(C=O)N(C)C(=O)c1c(C=O)cccc1S(N)=O. The molecule has 2 atom stereocenters. The van der Waals surface area contributed by atoms with Gasteiger partial charge in [-0.25, -0.2) is 9.35 Å². The molecule has 2 amide bonds. The zero-order chi connectivity index (χ0) is 18.3. The Balaban J connectivity index is 3.15. The second kappa shape index (κ2) is 9.04. The highest BCUT2D eigenvalue weighted by Gasteiger charge is 2.26. The van der Waals surface area contributed by atoms with E-state index in [9.17, 15) is 23.4 Å². The first-order valence-electron chi connectivity index (χ1n) is 7.04. The van der Waals surface area contributed by atoms with Crippen molar-refractivity contribution in [3.63, 3.8) is 0 Å². The van der Waals surface area contributed by atoms with Gasteiger partial charge >= 0.3 is 0 Å². The number of carbonyl (C=O) groups excluding carboxylic acids is 4. The molecule has 0 bridgehead atoms. The summed E-state index contributed by atoms with van der Waals surface area (Å²) in [6, 6.07) is 3.37. The topological polar surface area (TPSA) is 127 Å². The number of nitrogens with zero attached hydrogens (tertiary/aromatic N) is 1. The highest BCUT2D eigenvalue weighted by atomic mass is 32.2. The number of likely N-dealkylation sites (N-methyl/N-ethyl adjacent to an activating group) is 1. The molecule has 1 aromatic carbocycles. The molecule has 9 heteroatoms. The van der Waals surface area contributed by atoms with E-state index in [4.69, 9.17) is 5.14 Å². The molecular formula is C15H19N3O5S. The smallest absolute Gasteiger partial charge is 0.256 e. The molecule has 0 aliphatic rings. The number of rotatable bonds is 8. The number of nitrogens with two attached hydrogens (primary N) is 1. The molecule has 8 nitrogen and oxygen atoms in total. The minimum atomic E-state index is -1.98. The maximum atomic E-state index is 12.7. The fourth-order valence-electron chi connectivity index (χ4n) is 2.13. The molecule has 24 heavy (non-hydrogen) atoms. The molecule has 0 aliphatic carbocycles. The molecule has 1 aromatic rings. The van der Waals surface area contributed by atoms with E-state index >= 15 is 0 Å². The van der Waals surface area contributed by atoms with E-state index in [1.165, 1.54) is 32.3 Å². The Morgan fingerprint density at radius 1 is 1.38 bits per heavy atom. The molecular weight excluding hydrogens is 334 g/mol. The van der Waals surface area contributed by atoms with Crippen molar-refractivity contribution in [2.45, 2.75) is 23.8 Å². The molecule has 0 heterocycles. The Hall–Kier alpha value is -2.39. The summed E-state index contributed by atoms with van der Waals surface area (Å²) in [7, 11) is 0.864. The highest BCUT2D eigenvalue weighted by Crippen LogP contribution is 2.19. The van der Waals surface area contributed by atoms with E-state index in [1.807, 2.05) is 0 Å². The van der Waals surface area contributed by atoms with E-state index < -0.39 is 22.9 Å². The first-order chi connectivity index (χ1) is 11.4. The number of hydrogen-bond donors (Lipinski definition) is 2. The lowest BCUT2D eigenvalue weighted by molar-refractivity contribution is -0.121. The fourth-order valence-corrected chi connectivity index (χ4v) is 2.75. The molecule has 3 N–H and O–H groups in total. The number of aldehydes is 2. The van der Waals surface area contributed by atoms with Crippen LogP contribution < -0.4 is 10.5 Å². The van der Waals surface area contributed by atoms with Gasteiger partial charge in [0.15, 0.2) is 6.29 Å². The normalized spacial score (nSPS) is 12.8. The number of amides is 2. The van der Waals surface area contributed by atoms with Crippen LogP contribution in [0, 0.1) is 0 Å². The van der Waals surface area contributed by atoms with Gasteiger partial charge in [-0.15, -0.1) is 0 Å². The second-order valence-electron chi connectivity index (χ2n) is 4.97. The van der Waals surface area contributed by atoms with E-state index in [2.05, 4.69) is 5.32 Å². The molecule has 0 saturated heterocycles. The molecule has 130 valence electrons. The van der Waals surface area contributed by atoms with Gasteiger partial charge in [-0.2, -0.15) is 0 Å². The first kappa shape index (κ1) is 19.7. The Morgan fingerprint density at radius 2 is 2.04 bits per heavy atom. The summed E-state index contributed by atoms with van der Waals surface area (Å²) >= 11 is 0. The number of carbonyl (C=O) groups is 4. The Kier molecular flexibility index (Phi) is 7.40. The van der Waals surface area contributed by atoms with Crippen molar-refractivity contribution in [2.75, 3.05) is 14.1 Å². The predicted octanol–water partition coefficient (Wildman–Crippen LogP) is -0.354. The third-order valence-electron chi connectivity index (χ3n) is 3.54. The Morgan fingerprint density at radius 3 is 2.54 bits per heavy atom. The minimum absolute atomic E-state index is 0.00685. The number of benzene rings is 1. The van der Waals surface area contributed by atoms with Crippen LogP contribution >= 0.6 is 0 Å². The van der Waals surface area contributed by atoms with Gasteiger partial charge in [0.1, 0.15) is 17.3 Å². The largest absolute Gasteiger partial charge is 0.359 e. The average Bonchev–Trinajstić information content (AvgIpc) is 2.60. The van der Waals surface area contributed by atoms with E-state index in [0.717, 1.165) is 4.90 Å². The quantitative estimate of drug-likeness (QED) is 0.618. The monoisotopic (exact) mass is 353 g/mol. The average molecular weight is 353 g/mol. The Bertz CT molecular complexity index is 677. The standard InChI is InChI=1S/C15H19N3O5S/c1-17-13(21)7-6-11(9-20)18(2)15(22)14-10(8-19)4-3-5-12(14)24(16)23/h3-5,8-9,11H,6-7,16H2,1-2H3,(H,17,21). The molecule has 0 fully saturated rings. The van der Waals surface area contributed by atoms with Crippen LogP contribution in [-0.4, -0.2) is 53.6 Å². The van der Waals surface area contributed by atoms with Crippen LogP contribution in [0.1, 0.15) is 33.6 Å². The second-order valence-corrected chi connectivity index (χ2v) is 6.00. The van der Waals surface area contributed by atoms with Crippen molar-refractivity contribution in [3.8, 4) is 0 Å². The molecule has 2 unspecified atom stereocenters. The van der Waals surface area contributed by atoms with Crippen molar-refractivity contribution >= 4 is 35.4 Å². The van der Waals surface area contributed by atoms with Gasteiger partial charge in [0, 0.05) is 26.1 Å². The van der Waals surface area contributed by atoms with E-state index in [1.54, 1.807) is 0 Å². The lowest BCUT2D eigenvalue weighted by Gasteiger charge is -2.25. The zero-order valence-electron chi connectivity index (χ0n) is 13.4. The van der Waals surface area contributed by atoms with Gasteiger partial charge in [-0.3, -0.25) is 14.4 Å². The van der Waals surface area contributed by atoms with Crippen LogP contribution in [0.4, 0.5) is 0 Å². The third-order valence-corrected chi connectivity index (χ3v) is 4.31. The summed E-state index contributed by atoms with van der Waals surface area (Å²) in [5.41, 5.74) is -0.0817. The van der Waals surface area contributed by atoms with Crippen molar-refractivity contribution < 1.29 is 23.4 Å². The van der Waals surface area contributed by atoms with E-state index in [-0.39, 0.29) is 34.8 Å². The molecule has 0 aromatic heterocycles. The van der Waals surface area contributed by atoms with Crippen molar-refractivity contribution in [1.29, 1.82) is 0 Å². The van der Waals surface area contributed by atoms with Crippen LogP contribution in [0.2, 0.25) is 0 Å². The van der Waals surface area contributed by atoms with Crippen LogP contribution in [-0.2, 0) is 20.6 Å². The van der Waals surface area contributed by atoms with Gasteiger partial charge < -0.3 is 15.0 Å². The van der Waals surface area contributed by atoms with Crippen molar-refractivity contribution in [3.05, 3.63) is 29.3 Å². The summed E-state index contributed by atoms with van der Waals surface area (Å²) in [5, 5.41) is 7.79. The Labute approximate surface area is 142 Å². The molecule has 1 rings (SSSR count). The van der Waals surface area contributed by atoms with Crippen LogP contribution in [0.15, 0.2) is 23.1 Å². The third kappa shape index (κ3) is 4.56. The first-order valence-corrected chi connectivity index (χ1v) is 8.26. The van der Waals surface area contributed by atoms with Crippen molar-refractivity contribution in [1.82, 2.24) is 10.2 Å². The zero-order valence-corrected chi connectivity index (χ0v) is 14.2. The van der Waals surface area contributed by atoms with Gasteiger partial charge in [0.05, 0.1) is 16.5 Å². The maximum absolute atomic E-state index is 12.7. The summed E-state index contributed by atoms with van der Waals surface area (Å²) in [4.78, 5) is 47.6. The van der Waals surface area contributed by atoms with E-state index in [0.29, 0.717) is 12.6 Å². The number of hydrogen-bond acceptors (Lipinski definition) is 5. The van der Waals surface area contributed by atoms with Gasteiger partial charge in [0.25, 0.3) is 5.91 Å². The lowest BCUT2D eigenvalue weighted by atomic mass is 10.1. The molecule has 0 radical (unpaired) electrons. The predicted molar refractivity (Wildman–Crippen MR) is 87.7 cm³/mol. The van der Waals surface area contributed by atoms with Gasteiger partial charge in [-0.1, -0.05) is 12.1 Å². The van der Waals surface area contributed by atoms with Crippen molar-refractivity contribution in [2.24, 2.45) is 5.14 Å². The minimum Gasteiger partial charge on any atom is -0.359 e. The van der Waals surface area contributed by atoms with Crippen LogP contribution in [0.5, 0.6) is 0 Å². The molecule has 0 spiro atoms. The van der Waals surface area contributed by atoms with Crippen LogP contribution in [0.25, 0.3) is 0 Å². The summed E-state index contributed by atoms with van der Waals surface area (Å²) in [5.74, 6) is -0.930. The number of nitrogens with one attached hydrogen (secondary N) is 1. The van der Waals surface area contributed by atoms with Crippen LogP contribution in [0.3, 0.4) is 0 Å².